The molecule has 0 bridgehead atoms. The Balaban J connectivity index is 0.00000306. The van der Waals surface area contributed by atoms with Crippen LogP contribution in [0.4, 0.5) is 0 Å². The number of thioether (sulfide) groups is 2. The molecule has 5 atom stereocenters. The van der Waals surface area contributed by atoms with Gasteiger partial charge in [-0.25, -0.2) is 4.98 Å². The van der Waals surface area contributed by atoms with E-state index in [2.05, 4.69) is 10.3 Å². The molecule has 2 fully saturated rings. The average Bonchev–Trinajstić information content (AvgIpc) is 2.82. The molecule has 9 nitrogen and oxygen atoms in total. The summed E-state index contributed by atoms with van der Waals surface area (Å²) in [6.45, 7) is -0.187. The quantitative estimate of drug-likeness (QED) is 0.180. The number of carboxylic acids is 1. The molecule has 4 unspecified atom stereocenters. The van der Waals surface area contributed by atoms with Gasteiger partial charge in [0.1, 0.15) is 22.3 Å². The van der Waals surface area contributed by atoms with E-state index >= 15 is 0 Å². The third kappa shape index (κ3) is 5.09. The number of aliphatic hydroxyl groups is 2. The molecule has 0 radical (unpaired) electrons. The van der Waals surface area contributed by atoms with Crippen molar-refractivity contribution >= 4 is 70.9 Å². The first-order valence-corrected chi connectivity index (χ1v) is 11.7. The SMILES string of the molecule is O=C(NC1C(=O)N2CC(C(=O)O)(C(O)Sc3ccccn3)CS[C@H]12)C(O)c1ccccc1.[NaH]. The molecule has 0 spiro atoms. The summed E-state index contributed by atoms with van der Waals surface area (Å²) >= 11 is 2.11. The number of nitrogens with zero attached hydrogens (tertiary/aromatic N) is 2. The second-order valence-electron chi connectivity index (χ2n) is 7.57. The van der Waals surface area contributed by atoms with Gasteiger partial charge in [-0.1, -0.05) is 48.2 Å². The second-order valence-corrected chi connectivity index (χ2v) is 9.77. The third-order valence-corrected chi connectivity index (χ3v) is 8.24. The number of benzene rings is 1. The molecular weight excluding hydrogens is 477 g/mol. The number of rotatable bonds is 7. The molecule has 12 heteroatoms. The van der Waals surface area contributed by atoms with Crippen LogP contribution in [-0.4, -0.2) is 102 Å². The number of aliphatic hydroxyl groups excluding tert-OH is 2. The van der Waals surface area contributed by atoms with E-state index in [9.17, 15) is 29.7 Å². The Bertz CT molecular complexity index is 1020. The van der Waals surface area contributed by atoms with Gasteiger partial charge in [-0.05, 0) is 17.7 Å². The summed E-state index contributed by atoms with van der Waals surface area (Å²) in [4.78, 5) is 42.7. The summed E-state index contributed by atoms with van der Waals surface area (Å²) in [6, 6.07) is 12.6. The predicted molar refractivity (Wildman–Crippen MR) is 125 cm³/mol. The van der Waals surface area contributed by atoms with E-state index in [1.807, 2.05) is 0 Å². The zero-order valence-corrected chi connectivity index (χ0v) is 18.3. The molecule has 1 aromatic carbocycles. The van der Waals surface area contributed by atoms with Gasteiger partial charge in [0.15, 0.2) is 6.10 Å². The Morgan fingerprint density at radius 2 is 1.88 bits per heavy atom. The van der Waals surface area contributed by atoms with Gasteiger partial charge in [0.05, 0.1) is 5.03 Å². The molecule has 3 heterocycles. The Morgan fingerprint density at radius 1 is 1.18 bits per heavy atom. The first-order valence-electron chi connectivity index (χ1n) is 9.78. The molecular formula is C21H22N3NaO6S2. The molecule has 2 aliphatic rings. The summed E-state index contributed by atoms with van der Waals surface area (Å²) in [5.74, 6) is -2.31. The van der Waals surface area contributed by atoms with E-state index < -0.39 is 46.2 Å². The minimum atomic E-state index is -1.59. The molecule has 2 aromatic rings. The van der Waals surface area contributed by atoms with Crippen LogP contribution in [0.25, 0.3) is 0 Å². The number of hydrogen-bond donors (Lipinski definition) is 4. The van der Waals surface area contributed by atoms with E-state index in [0.29, 0.717) is 10.6 Å². The van der Waals surface area contributed by atoms with Crippen LogP contribution in [0.5, 0.6) is 0 Å². The summed E-state index contributed by atoms with van der Waals surface area (Å²) in [6.07, 6.45) is 0.130. The fourth-order valence-corrected chi connectivity index (χ4v) is 6.32. The van der Waals surface area contributed by atoms with Crippen LogP contribution in [-0.2, 0) is 14.4 Å². The molecule has 0 saturated carbocycles. The second kappa shape index (κ2) is 10.8. The normalized spacial score (nSPS) is 25.6. The number of carbonyl (C=O) groups is 3. The van der Waals surface area contributed by atoms with Crippen molar-refractivity contribution in [2.24, 2.45) is 5.41 Å². The van der Waals surface area contributed by atoms with Gasteiger partial charge in [-0.3, -0.25) is 14.4 Å². The maximum atomic E-state index is 12.7. The Hall–Kier alpha value is -1.60. The van der Waals surface area contributed by atoms with Crippen LogP contribution in [0.15, 0.2) is 59.8 Å². The van der Waals surface area contributed by atoms with E-state index in [4.69, 9.17) is 0 Å². The number of carboxylic acid groups (broad SMARTS) is 1. The molecule has 2 saturated heterocycles. The van der Waals surface area contributed by atoms with Crippen LogP contribution in [0, 0.1) is 5.41 Å². The van der Waals surface area contributed by atoms with Crippen LogP contribution < -0.4 is 5.32 Å². The third-order valence-electron chi connectivity index (χ3n) is 5.54. The number of amides is 2. The zero-order valence-electron chi connectivity index (χ0n) is 16.7. The van der Waals surface area contributed by atoms with Crippen molar-refractivity contribution in [2.45, 2.75) is 28.0 Å². The zero-order chi connectivity index (χ0) is 22.9. The number of carbonyl (C=O) groups excluding carboxylic acids is 2. The number of pyridine rings is 1. The van der Waals surface area contributed by atoms with Gasteiger partial charge in [-0.15, -0.1) is 11.8 Å². The number of aliphatic carboxylic acids is 1. The molecule has 170 valence electrons. The molecule has 1 aromatic heterocycles. The maximum absolute atomic E-state index is 12.7. The van der Waals surface area contributed by atoms with Crippen molar-refractivity contribution in [3.63, 3.8) is 0 Å². The summed E-state index contributed by atoms with van der Waals surface area (Å²) in [7, 11) is 0. The van der Waals surface area contributed by atoms with Crippen LogP contribution >= 0.6 is 23.5 Å². The number of fused-ring (bicyclic) bond motifs is 1. The topological polar surface area (TPSA) is 140 Å². The van der Waals surface area contributed by atoms with Crippen LogP contribution in [0.3, 0.4) is 0 Å². The van der Waals surface area contributed by atoms with Crippen molar-refractivity contribution in [2.75, 3.05) is 12.3 Å². The molecule has 2 aliphatic heterocycles. The van der Waals surface area contributed by atoms with Gasteiger partial charge < -0.3 is 25.5 Å². The van der Waals surface area contributed by atoms with E-state index in [1.165, 1.54) is 16.7 Å². The van der Waals surface area contributed by atoms with Crippen molar-refractivity contribution < 1.29 is 29.7 Å². The minimum absolute atomic E-state index is 0. The van der Waals surface area contributed by atoms with Gasteiger partial charge in [0.25, 0.3) is 5.91 Å². The number of β-lactam (4-membered cyclic amide) rings is 1. The summed E-state index contributed by atoms with van der Waals surface area (Å²) < 4.78 is 0. The van der Waals surface area contributed by atoms with Crippen molar-refractivity contribution in [3.05, 3.63) is 60.3 Å². The average molecular weight is 500 g/mol. The first kappa shape index (κ1) is 26.0. The molecule has 4 N–H and O–H groups in total. The number of hydrogen-bond acceptors (Lipinski definition) is 8. The first-order chi connectivity index (χ1) is 15.3. The molecule has 33 heavy (non-hydrogen) atoms. The van der Waals surface area contributed by atoms with Crippen molar-refractivity contribution in [1.82, 2.24) is 15.2 Å². The number of nitrogens with one attached hydrogen (secondary N) is 1. The molecule has 2 amide bonds. The Morgan fingerprint density at radius 3 is 2.52 bits per heavy atom. The van der Waals surface area contributed by atoms with Gasteiger partial charge >= 0.3 is 35.5 Å². The Labute approximate surface area is 220 Å². The van der Waals surface area contributed by atoms with Gasteiger partial charge in [0, 0.05) is 18.5 Å². The molecule has 4 rings (SSSR count). The fourth-order valence-electron chi connectivity index (χ4n) is 3.64. The van der Waals surface area contributed by atoms with E-state index in [0.717, 1.165) is 11.8 Å². The summed E-state index contributed by atoms with van der Waals surface area (Å²) in [5.41, 5.74) is -2.51. The van der Waals surface area contributed by atoms with Gasteiger partial charge in [0.2, 0.25) is 5.91 Å². The van der Waals surface area contributed by atoms with E-state index in [1.54, 1.807) is 54.7 Å². The standard InChI is InChI=1S/C21H21N3O6S2.Na.H/c25-15(12-6-2-1-3-7-12)16(26)23-14-17(27)24-10-21(19(28)29,11-31-18(14)24)20(30)32-13-8-4-5-9-22-13;;/h1-9,14-15,18,20,25,30H,10-11H2,(H,23,26)(H,28,29);;/t14?,15?,18-,20?,21?;;/m1../s1. The molecule has 0 aliphatic carbocycles. The van der Waals surface area contributed by atoms with Gasteiger partial charge in [-0.2, -0.15) is 0 Å². The Kier molecular flexibility index (Phi) is 8.49. The monoisotopic (exact) mass is 499 g/mol. The number of aromatic nitrogens is 1. The van der Waals surface area contributed by atoms with Crippen molar-refractivity contribution in [3.8, 4) is 0 Å². The van der Waals surface area contributed by atoms with E-state index in [-0.39, 0.29) is 41.9 Å². The van der Waals surface area contributed by atoms with Crippen LogP contribution in [0.2, 0.25) is 0 Å². The summed E-state index contributed by atoms with van der Waals surface area (Å²) in [5, 5.41) is 33.5. The fraction of sp³-hybridized carbons (Fsp3) is 0.333. The predicted octanol–water partition coefficient (Wildman–Crippen LogP) is 0.0481. The van der Waals surface area contributed by atoms with Crippen molar-refractivity contribution in [1.29, 1.82) is 0 Å². The van der Waals surface area contributed by atoms with Crippen LogP contribution in [0.1, 0.15) is 11.7 Å².